The second kappa shape index (κ2) is 5.77. The maximum absolute atomic E-state index is 12.1. The quantitative estimate of drug-likeness (QED) is 0.781. The van der Waals surface area contributed by atoms with Gasteiger partial charge in [-0.1, -0.05) is 0 Å². The maximum Gasteiger partial charge on any atom is 0.274 e. The van der Waals surface area contributed by atoms with Gasteiger partial charge < -0.3 is 10.2 Å². The van der Waals surface area contributed by atoms with Crippen molar-refractivity contribution in [2.75, 3.05) is 26.7 Å². The summed E-state index contributed by atoms with van der Waals surface area (Å²) in [5.41, 5.74) is 0.0148. The van der Waals surface area contributed by atoms with E-state index in [1.54, 1.807) is 4.90 Å². The summed E-state index contributed by atoms with van der Waals surface area (Å²) in [4.78, 5) is 24.8. The van der Waals surface area contributed by atoms with Crippen LogP contribution in [0, 0.1) is 5.92 Å². The Morgan fingerprint density at radius 3 is 2.78 bits per heavy atom. The van der Waals surface area contributed by atoms with Gasteiger partial charge in [-0.25, -0.2) is 5.10 Å². The third-order valence-electron chi connectivity index (χ3n) is 3.29. The van der Waals surface area contributed by atoms with Crippen LogP contribution in [0.5, 0.6) is 0 Å². The standard InChI is InChI=1S/C12H18N4O2/c1-13-8-9-4-6-16(7-5-9)12(18)10-2-3-11(17)15-14-10/h2-3,9,13H,4-8H2,1H3,(H,15,17). The zero-order valence-electron chi connectivity index (χ0n) is 10.5. The zero-order chi connectivity index (χ0) is 13.0. The van der Waals surface area contributed by atoms with Gasteiger partial charge in [-0.2, -0.15) is 5.10 Å². The Hall–Kier alpha value is -1.69. The van der Waals surface area contributed by atoms with E-state index in [4.69, 9.17) is 0 Å². The van der Waals surface area contributed by atoms with Gasteiger partial charge in [0.25, 0.3) is 11.5 Å². The molecule has 1 amide bonds. The molecule has 1 aromatic rings. The molecule has 2 heterocycles. The Morgan fingerprint density at radius 1 is 1.50 bits per heavy atom. The van der Waals surface area contributed by atoms with Crippen LogP contribution in [0.25, 0.3) is 0 Å². The lowest BCUT2D eigenvalue weighted by Crippen LogP contribution is -2.41. The molecule has 1 aliphatic rings. The molecule has 0 atom stereocenters. The average molecular weight is 250 g/mol. The molecule has 0 unspecified atom stereocenters. The third-order valence-corrected chi connectivity index (χ3v) is 3.29. The van der Waals surface area contributed by atoms with E-state index < -0.39 is 0 Å². The second-order valence-corrected chi connectivity index (χ2v) is 4.60. The van der Waals surface area contributed by atoms with E-state index >= 15 is 0 Å². The summed E-state index contributed by atoms with van der Waals surface area (Å²) in [6.07, 6.45) is 2.02. The lowest BCUT2D eigenvalue weighted by Gasteiger charge is -2.31. The van der Waals surface area contributed by atoms with E-state index in [2.05, 4.69) is 15.5 Å². The summed E-state index contributed by atoms with van der Waals surface area (Å²) in [5, 5.41) is 9.22. The topological polar surface area (TPSA) is 78.1 Å². The summed E-state index contributed by atoms with van der Waals surface area (Å²) in [6.45, 7) is 2.51. The number of rotatable bonds is 3. The molecular formula is C12H18N4O2. The number of nitrogens with zero attached hydrogens (tertiary/aromatic N) is 2. The first-order valence-corrected chi connectivity index (χ1v) is 6.20. The van der Waals surface area contributed by atoms with Gasteiger partial charge in [-0.15, -0.1) is 0 Å². The summed E-state index contributed by atoms with van der Waals surface area (Å²) in [5.74, 6) is 0.539. The minimum atomic E-state index is -0.292. The molecule has 0 bridgehead atoms. The van der Waals surface area contributed by atoms with Crippen molar-refractivity contribution in [3.05, 3.63) is 28.2 Å². The van der Waals surface area contributed by atoms with Crippen LogP contribution in [0.4, 0.5) is 0 Å². The van der Waals surface area contributed by atoms with Gasteiger partial charge in [0, 0.05) is 19.2 Å². The van der Waals surface area contributed by atoms with Crippen molar-refractivity contribution >= 4 is 5.91 Å². The van der Waals surface area contributed by atoms with E-state index in [9.17, 15) is 9.59 Å². The molecular weight excluding hydrogens is 232 g/mol. The number of hydrogen-bond acceptors (Lipinski definition) is 4. The fourth-order valence-electron chi connectivity index (χ4n) is 2.25. The molecule has 2 N–H and O–H groups in total. The summed E-state index contributed by atoms with van der Waals surface area (Å²) < 4.78 is 0. The van der Waals surface area contributed by atoms with Crippen molar-refractivity contribution < 1.29 is 4.79 Å². The van der Waals surface area contributed by atoms with Crippen LogP contribution in [0.1, 0.15) is 23.3 Å². The Kier molecular flexibility index (Phi) is 4.09. The van der Waals surface area contributed by atoms with Gasteiger partial charge >= 0.3 is 0 Å². The first-order valence-electron chi connectivity index (χ1n) is 6.20. The Bertz CT molecular complexity index is 443. The summed E-state index contributed by atoms with van der Waals surface area (Å²) in [7, 11) is 1.95. The molecule has 0 radical (unpaired) electrons. The largest absolute Gasteiger partial charge is 0.337 e. The van der Waals surface area contributed by atoms with Crippen LogP contribution in [0.15, 0.2) is 16.9 Å². The van der Waals surface area contributed by atoms with Crippen LogP contribution >= 0.6 is 0 Å². The molecule has 98 valence electrons. The van der Waals surface area contributed by atoms with E-state index in [1.807, 2.05) is 7.05 Å². The molecule has 1 aliphatic heterocycles. The predicted octanol–water partition coefficient (Wildman–Crippen LogP) is -0.158. The van der Waals surface area contributed by atoms with Crippen molar-refractivity contribution in [1.82, 2.24) is 20.4 Å². The Balaban J connectivity index is 1.95. The van der Waals surface area contributed by atoms with Gasteiger partial charge in [0.15, 0.2) is 0 Å². The number of piperidine rings is 1. The van der Waals surface area contributed by atoms with Crippen molar-refractivity contribution in [2.24, 2.45) is 5.92 Å². The van der Waals surface area contributed by atoms with Gasteiger partial charge in [-0.05, 0) is 38.4 Å². The molecule has 0 aromatic carbocycles. The van der Waals surface area contributed by atoms with Crippen LogP contribution in [0.3, 0.4) is 0 Å². The van der Waals surface area contributed by atoms with Crippen molar-refractivity contribution in [1.29, 1.82) is 0 Å². The highest BCUT2D eigenvalue weighted by Gasteiger charge is 2.23. The minimum Gasteiger partial charge on any atom is -0.337 e. The molecule has 0 saturated carbocycles. The normalized spacial score (nSPS) is 16.8. The highest BCUT2D eigenvalue weighted by atomic mass is 16.2. The molecule has 1 saturated heterocycles. The van der Waals surface area contributed by atoms with Gasteiger partial charge in [0.1, 0.15) is 5.69 Å². The summed E-state index contributed by atoms with van der Waals surface area (Å²) in [6, 6.07) is 2.80. The van der Waals surface area contributed by atoms with Crippen molar-refractivity contribution in [3.63, 3.8) is 0 Å². The second-order valence-electron chi connectivity index (χ2n) is 4.60. The minimum absolute atomic E-state index is 0.103. The van der Waals surface area contributed by atoms with Crippen LogP contribution < -0.4 is 10.9 Å². The molecule has 18 heavy (non-hydrogen) atoms. The zero-order valence-corrected chi connectivity index (χ0v) is 10.5. The van der Waals surface area contributed by atoms with E-state index in [1.165, 1.54) is 12.1 Å². The molecule has 0 aliphatic carbocycles. The number of aromatic amines is 1. The first-order chi connectivity index (χ1) is 8.70. The molecule has 0 spiro atoms. The molecule has 2 rings (SSSR count). The fraction of sp³-hybridized carbons (Fsp3) is 0.583. The van der Waals surface area contributed by atoms with Crippen LogP contribution in [0.2, 0.25) is 0 Å². The average Bonchev–Trinajstić information content (AvgIpc) is 2.40. The maximum atomic E-state index is 12.1. The number of amides is 1. The van der Waals surface area contributed by atoms with Crippen LogP contribution in [-0.2, 0) is 0 Å². The number of aromatic nitrogens is 2. The van der Waals surface area contributed by atoms with Gasteiger partial charge in [-0.3, -0.25) is 9.59 Å². The number of H-pyrrole nitrogens is 1. The van der Waals surface area contributed by atoms with E-state index in [0.717, 1.165) is 32.5 Å². The van der Waals surface area contributed by atoms with Crippen LogP contribution in [-0.4, -0.2) is 47.7 Å². The Labute approximate surface area is 105 Å². The molecule has 1 aromatic heterocycles. The van der Waals surface area contributed by atoms with E-state index in [0.29, 0.717) is 11.6 Å². The van der Waals surface area contributed by atoms with Gasteiger partial charge in [0.05, 0.1) is 0 Å². The monoisotopic (exact) mass is 250 g/mol. The Morgan fingerprint density at radius 2 is 2.22 bits per heavy atom. The van der Waals surface area contributed by atoms with E-state index in [-0.39, 0.29) is 11.5 Å². The van der Waals surface area contributed by atoms with Crippen molar-refractivity contribution in [2.45, 2.75) is 12.8 Å². The molecule has 6 nitrogen and oxygen atoms in total. The molecule has 6 heteroatoms. The number of hydrogen-bond donors (Lipinski definition) is 2. The number of carbonyl (C=O) groups excluding carboxylic acids is 1. The number of nitrogens with one attached hydrogen (secondary N) is 2. The highest BCUT2D eigenvalue weighted by molar-refractivity contribution is 5.92. The SMILES string of the molecule is CNCC1CCN(C(=O)c2ccc(=O)[nH]n2)CC1. The lowest BCUT2D eigenvalue weighted by molar-refractivity contribution is 0.0683. The van der Waals surface area contributed by atoms with Crippen molar-refractivity contribution in [3.8, 4) is 0 Å². The third kappa shape index (κ3) is 2.95. The first kappa shape index (κ1) is 12.8. The fourth-order valence-corrected chi connectivity index (χ4v) is 2.25. The molecule has 1 fully saturated rings. The number of likely N-dealkylation sites (tertiary alicyclic amines) is 1. The smallest absolute Gasteiger partial charge is 0.274 e. The number of carbonyl (C=O) groups is 1. The summed E-state index contributed by atoms with van der Waals surface area (Å²) >= 11 is 0. The predicted molar refractivity (Wildman–Crippen MR) is 67.4 cm³/mol. The highest BCUT2D eigenvalue weighted by Crippen LogP contribution is 2.17. The van der Waals surface area contributed by atoms with Gasteiger partial charge in [0.2, 0.25) is 0 Å². The lowest BCUT2D eigenvalue weighted by atomic mass is 9.96.